The molecular formula is C88H50N14. The average Bonchev–Trinajstić information content (AvgIpc) is 1.58. The summed E-state index contributed by atoms with van der Waals surface area (Å²) in [7, 11) is 1.96. The molecule has 0 fully saturated rings. The molecule has 14 rings (SSSR count). The number of amidine groups is 2. The van der Waals surface area contributed by atoms with Crippen molar-refractivity contribution in [1.29, 1.82) is 52.8 Å². The summed E-state index contributed by atoms with van der Waals surface area (Å²) in [5.41, 5.74) is 16.7. The maximum absolute atomic E-state index is 10.3. The van der Waals surface area contributed by atoms with Gasteiger partial charge < -0.3 is 14.0 Å². The van der Waals surface area contributed by atoms with Gasteiger partial charge in [-0.05, 0) is 201 Å². The van der Waals surface area contributed by atoms with E-state index in [4.69, 9.17) is 11.6 Å². The number of nitriles is 9. The third-order valence-corrected chi connectivity index (χ3v) is 18.5. The molecule has 0 spiro atoms. The predicted molar refractivity (Wildman–Crippen MR) is 397 cm³/mol. The third kappa shape index (κ3) is 11.9. The number of aromatic nitrogens is 2. The van der Waals surface area contributed by atoms with E-state index in [0.29, 0.717) is 78.2 Å². The molecule has 1 atom stereocenters. The van der Waals surface area contributed by atoms with Gasteiger partial charge in [-0.15, -0.1) is 0 Å². The van der Waals surface area contributed by atoms with E-state index in [1.807, 2.05) is 159 Å². The van der Waals surface area contributed by atoms with Gasteiger partial charge in [0.1, 0.15) is 24.1 Å². The quantitative estimate of drug-likeness (QED) is 0.0842. The second-order valence-electron chi connectivity index (χ2n) is 24.5. The van der Waals surface area contributed by atoms with Crippen molar-refractivity contribution in [3.05, 3.63) is 322 Å². The lowest BCUT2D eigenvalue weighted by Crippen LogP contribution is -2.36. The van der Waals surface area contributed by atoms with Crippen LogP contribution in [0.2, 0.25) is 0 Å². The number of rotatable bonds is 13. The fraction of sp³-hybridized carbons (Fsp3) is 0.0341. The van der Waals surface area contributed by atoms with Crippen molar-refractivity contribution in [2.24, 2.45) is 4.99 Å². The molecule has 0 aliphatic carbocycles. The fourth-order valence-electron chi connectivity index (χ4n) is 13.6. The molecule has 0 bridgehead atoms. The minimum absolute atomic E-state index is 0.0182. The van der Waals surface area contributed by atoms with Crippen LogP contribution in [0.1, 0.15) is 79.3 Å². The molecule has 1 unspecified atom stereocenters. The summed E-state index contributed by atoms with van der Waals surface area (Å²) >= 11 is 0. The van der Waals surface area contributed by atoms with Gasteiger partial charge in [0.15, 0.2) is 5.84 Å². The predicted octanol–water partition coefficient (Wildman–Crippen LogP) is 19.1. The second kappa shape index (κ2) is 27.0. The lowest BCUT2D eigenvalue weighted by atomic mass is 9.94. The van der Waals surface area contributed by atoms with E-state index in [2.05, 4.69) is 92.9 Å². The Morgan fingerprint density at radius 3 is 1.22 bits per heavy atom. The summed E-state index contributed by atoms with van der Waals surface area (Å²) in [5.74, 6) is 0.481. The van der Waals surface area contributed by atoms with E-state index < -0.39 is 6.17 Å². The molecule has 102 heavy (non-hydrogen) atoms. The van der Waals surface area contributed by atoms with E-state index in [0.717, 1.165) is 93.8 Å². The molecule has 0 saturated heterocycles. The lowest BCUT2D eigenvalue weighted by molar-refractivity contribution is 0.295. The number of aliphatic imine (C=N–C) groups is 1. The smallest absolute Gasteiger partial charge is 0.154 e. The molecule has 0 aliphatic heterocycles. The van der Waals surface area contributed by atoms with Crippen LogP contribution in [0.25, 0.3) is 111 Å². The van der Waals surface area contributed by atoms with Gasteiger partial charge in [-0.1, -0.05) is 116 Å². The standard InChI is InChI=1S/C88H50N14/c1-54(76-40-66(64-15-9-10-55(32-64)45-89)18-23-81(76)101-82-24-20-68(72-33-56(46-90)29-57(34-72)47-91)42-77(82)78-43-69(21-25-83(78)101)73-35-58(48-92)30-59(36-73)49-93)28-86(100(2)88(63-13-7-4-8-14-63)99-87(98)62-11-5-3-6-12-62)102-84-26-19-67(65-16-17-71(52-96)75(39-65)53-97)41-79(84)80-44-70(22-27-85(80)102)74-37-60(50-94)31-61(38-74)51-95/h3-27,29-44,86,98H,1,28H2,2H3. The number of benzene rings is 12. The van der Waals surface area contributed by atoms with Gasteiger partial charge >= 0.3 is 0 Å². The number of fused-ring (bicyclic) bond motifs is 6. The van der Waals surface area contributed by atoms with Crippen LogP contribution in [0.3, 0.4) is 0 Å². The van der Waals surface area contributed by atoms with Crippen LogP contribution in [0, 0.1) is 107 Å². The molecule has 14 heteroatoms. The Kier molecular flexibility index (Phi) is 16.9. The van der Waals surface area contributed by atoms with E-state index in [9.17, 15) is 52.8 Å². The first kappa shape index (κ1) is 63.9. The third-order valence-electron chi connectivity index (χ3n) is 18.5. The molecule has 14 aromatic rings. The molecule has 472 valence electrons. The monoisotopic (exact) mass is 1300 g/mol. The number of nitrogens with zero attached hydrogens (tertiary/aromatic N) is 13. The van der Waals surface area contributed by atoms with Gasteiger partial charge in [0.05, 0.1) is 120 Å². The molecule has 14 nitrogen and oxygen atoms in total. The molecular weight excluding hydrogens is 1250 g/mol. The van der Waals surface area contributed by atoms with E-state index in [1.54, 1.807) is 72.8 Å². The van der Waals surface area contributed by atoms with Gasteiger partial charge in [0, 0.05) is 51.7 Å². The zero-order valence-corrected chi connectivity index (χ0v) is 54.5. The van der Waals surface area contributed by atoms with Crippen molar-refractivity contribution in [1.82, 2.24) is 14.0 Å². The molecule has 0 amide bonds. The van der Waals surface area contributed by atoms with Gasteiger partial charge in [-0.25, -0.2) is 4.99 Å². The fourth-order valence-corrected chi connectivity index (χ4v) is 13.6. The van der Waals surface area contributed by atoms with Crippen LogP contribution < -0.4 is 0 Å². The summed E-state index contributed by atoms with van der Waals surface area (Å²) in [5, 5.41) is 104. The van der Waals surface area contributed by atoms with E-state index in [-0.39, 0.29) is 23.4 Å². The SMILES string of the molecule is C=C(CC(N(C)C(=NC(=N)c1ccccc1)c1ccccc1)n1c2ccc(-c3cc(C#N)cc(C#N)c3)cc2c2cc(-c3ccc(C#N)c(C#N)c3)ccc21)c1cc(-c2cccc(C#N)c2)ccc1-n1c2ccc(-c3cc(C#N)cc(C#N)c3)cc2c2cc(-c3cc(C#N)cc(C#N)c3)ccc21. The number of hydrogen-bond acceptors (Lipinski definition) is 10. The first-order chi connectivity index (χ1) is 49.8. The van der Waals surface area contributed by atoms with Gasteiger partial charge in [0.2, 0.25) is 0 Å². The van der Waals surface area contributed by atoms with Crippen LogP contribution >= 0.6 is 0 Å². The van der Waals surface area contributed by atoms with Crippen LogP contribution in [0.15, 0.2) is 260 Å². The van der Waals surface area contributed by atoms with Gasteiger partial charge in [-0.3, -0.25) is 5.41 Å². The van der Waals surface area contributed by atoms with Crippen LogP contribution in [0.5, 0.6) is 0 Å². The molecule has 12 aromatic carbocycles. The van der Waals surface area contributed by atoms with Gasteiger partial charge in [0.25, 0.3) is 0 Å². The summed E-state index contributed by atoms with van der Waals surface area (Å²) in [4.78, 5) is 7.32. The van der Waals surface area contributed by atoms with E-state index in [1.165, 1.54) is 0 Å². The summed E-state index contributed by atoms with van der Waals surface area (Å²) < 4.78 is 4.44. The Bertz CT molecular complexity index is 6130. The average molecular weight is 1300 g/mol. The van der Waals surface area contributed by atoms with Crippen molar-refractivity contribution in [2.45, 2.75) is 12.6 Å². The minimum atomic E-state index is -0.754. The van der Waals surface area contributed by atoms with Crippen molar-refractivity contribution < 1.29 is 0 Å². The molecule has 2 aromatic heterocycles. The van der Waals surface area contributed by atoms with E-state index >= 15 is 0 Å². The van der Waals surface area contributed by atoms with Crippen molar-refractivity contribution in [3.63, 3.8) is 0 Å². The Morgan fingerprint density at radius 2 is 0.755 bits per heavy atom. The highest BCUT2D eigenvalue weighted by Gasteiger charge is 2.30. The first-order valence-electron chi connectivity index (χ1n) is 32.1. The Labute approximate surface area is 587 Å². The number of hydrogen-bond donors (Lipinski definition) is 1. The molecule has 0 aliphatic rings. The molecule has 2 heterocycles. The zero-order valence-electron chi connectivity index (χ0n) is 54.5. The van der Waals surface area contributed by atoms with Crippen molar-refractivity contribution in [3.8, 4) is 116 Å². The van der Waals surface area contributed by atoms with Gasteiger partial charge in [-0.2, -0.15) is 47.4 Å². The largest absolute Gasteiger partial charge is 0.338 e. The summed E-state index contributed by atoms with van der Waals surface area (Å²) in [6, 6.07) is 97.2. The van der Waals surface area contributed by atoms with Crippen LogP contribution in [-0.4, -0.2) is 32.8 Å². The topological polar surface area (TPSA) is 263 Å². The second-order valence-corrected chi connectivity index (χ2v) is 24.5. The normalized spacial score (nSPS) is 11.2. The number of nitrogens with one attached hydrogen (secondary N) is 1. The molecule has 1 N–H and O–H groups in total. The highest BCUT2D eigenvalue weighted by atomic mass is 15.3. The Morgan fingerprint density at radius 1 is 0.373 bits per heavy atom. The molecule has 0 radical (unpaired) electrons. The maximum Gasteiger partial charge on any atom is 0.154 e. The Hall–Kier alpha value is -15.5. The lowest BCUT2D eigenvalue weighted by Gasteiger charge is -2.34. The summed E-state index contributed by atoms with van der Waals surface area (Å²) in [6.45, 7) is 5.11. The van der Waals surface area contributed by atoms with Crippen LogP contribution in [0.4, 0.5) is 0 Å². The Balaban J connectivity index is 1.04. The zero-order chi connectivity index (χ0) is 70.7. The van der Waals surface area contributed by atoms with Crippen molar-refractivity contribution >= 4 is 60.9 Å². The summed E-state index contributed by atoms with van der Waals surface area (Å²) in [6.07, 6.45) is -0.580. The van der Waals surface area contributed by atoms with Crippen molar-refractivity contribution in [2.75, 3.05) is 7.05 Å². The highest BCUT2D eigenvalue weighted by molar-refractivity contribution is 6.14. The minimum Gasteiger partial charge on any atom is -0.338 e. The maximum atomic E-state index is 10.3. The highest BCUT2D eigenvalue weighted by Crippen LogP contribution is 2.45. The van der Waals surface area contributed by atoms with Crippen LogP contribution in [-0.2, 0) is 0 Å². The first-order valence-corrected chi connectivity index (χ1v) is 32.1. The molecule has 0 saturated carbocycles.